The van der Waals surface area contributed by atoms with Crippen LogP contribution in [0.15, 0.2) is 58.4 Å². The van der Waals surface area contributed by atoms with Crippen molar-refractivity contribution >= 4 is 40.6 Å². The number of benzene rings is 2. The minimum absolute atomic E-state index is 0.125. The maximum Gasteiger partial charge on any atom is 0.416 e. The van der Waals surface area contributed by atoms with Crippen molar-refractivity contribution in [3.63, 3.8) is 0 Å². The summed E-state index contributed by atoms with van der Waals surface area (Å²) in [4.78, 5) is 42.8. The quantitative estimate of drug-likeness (QED) is 0.553. The molecule has 2 amide bonds. The number of carbonyl (C=O) groups excluding carboxylic acids is 2. The number of imide groups is 1. The lowest BCUT2D eigenvalue weighted by molar-refractivity contribution is -0.137. The fraction of sp³-hybridized carbons (Fsp3) is 0.227. The van der Waals surface area contributed by atoms with Gasteiger partial charge in [-0.3, -0.25) is 14.4 Å². The van der Waals surface area contributed by atoms with Crippen molar-refractivity contribution in [1.82, 2.24) is 4.98 Å². The molecule has 2 aromatic carbocycles. The van der Waals surface area contributed by atoms with Crippen molar-refractivity contribution in [2.75, 3.05) is 12.0 Å². The number of hydrogen-bond acceptors (Lipinski definition) is 6. The number of amides is 2. The third-order valence-electron chi connectivity index (χ3n) is 5.73. The number of aromatic amines is 1. The summed E-state index contributed by atoms with van der Waals surface area (Å²) in [5, 5.41) is -0.379. The summed E-state index contributed by atoms with van der Waals surface area (Å²) < 4.78 is 44.9. The highest BCUT2D eigenvalue weighted by molar-refractivity contribution is 8.00. The van der Waals surface area contributed by atoms with E-state index in [1.54, 1.807) is 24.3 Å². The molecule has 0 unspecified atom stereocenters. The standard InChI is InChI=1S/C22H15F3N2O4S2/c1-31-13-7-5-10(6-8-13)14-15-17(32-18-16(14)33-21(30)26-18)20(29)27(19(15)28)12-4-2-3-11(9-12)22(23,24)25/h2-9,14-15,17H,1H3,(H,26,30)/t14-,15-,17+/m1/s1. The first-order chi connectivity index (χ1) is 15.7. The Bertz CT molecular complexity index is 1320. The monoisotopic (exact) mass is 492 g/mol. The number of H-pyrrole nitrogens is 1. The van der Waals surface area contributed by atoms with E-state index >= 15 is 0 Å². The highest BCUT2D eigenvalue weighted by atomic mass is 32.2. The number of methoxy groups -OCH3 is 1. The summed E-state index contributed by atoms with van der Waals surface area (Å²) in [6, 6.07) is 11.1. The summed E-state index contributed by atoms with van der Waals surface area (Å²) in [7, 11) is 1.52. The summed E-state index contributed by atoms with van der Waals surface area (Å²) in [5.74, 6) is -2.07. The smallest absolute Gasteiger partial charge is 0.416 e. The minimum atomic E-state index is -4.61. The predicted molar refractivity (Wildman–Crippen MR) is 117 cm³/mol. The largest absolute Gasteiger partial charge is 0.497 e. The van der Waals surface area contributed by atoms with Crippen molar-refractivity contribution in [2.24, 2.45) is 5.92 Å². The number of aromatic nitrogens is 1. The average Bonchev–Trinajstić information content (AvgIpc) is 3.28. The van der Waals surface area contributed by atoms with Crippen molar-refractivity contribution in [3.8, 4) is 5.75 Å². The number of thiazole rings is 1. The molecule has 0 spiro atoms. The molecule has 2 aliphatic heterocycles. The highest BCUT2D eigenvalue weighted by Gasteiger charge is 2.56. The number of carbonyl (C=O) groups is 2. The third-order valence-corrected chi connectivity index (χ3v) is 8.13. The second kappa shape index (κ2) is 7.77. The summed E-state index contributed by atoms with van der Waals surface area (Å²) in [6.45, 7) is 0. The third kappa shape index (κ3) is 3.55. The molecule has 0 aliphatic carbocycles. The van der Waals surface area contributed by atoms with Gasteiger partial charge in [-0.05, 0) is 35.9 Å². The molecule has 0 bridgehead atoms. The molecule has 0 radical (unpaired) electrons. The van der Waals surface area contributed by atoms with E-state index in [9.17, 15) is 27.6 Å². The van der Waals surface area contributed by atoms with Crippen molar-refractivity contribution < 1.29 is 27.5 Å². The molecule has 1 fully saturated rings. The van der Waals surface area contributed by atoms with Gasteiger partial charge < -0.3 is 9.72 Å². The number of ether oxygens (including phenoxy) is 1. The van der Waals surface area contributed by atoms with Crippen molar-refractivity contribution in [3.05, 3.63) is 74.2 Å². The molecule has 0 saturated carbocycles. The van der Waals surface area contributed by atoms with Gasteiger partial charge in [0.25, 0.3) is 0 Å². The number of fused-ring (bicyclic) bond motifs is 2. The Morgan fingerprint density at radius 3 is 2.42 bits per heavy atom. The number of rotatable bonds is 3. The lowest BCUT2D eigenvalue weighted by Crippen LogP contribution is -2.32. The molecule has 170 valence electrons. The van der Waals surface area contributed by atoms with Gasteiger partial charge in [-0.15, -0.1) is 0 Å². The van der Waals surface area contributed by atoms with E-state index in [4.69, 9.17) is 4.74 Å². The van der Waals surface area contributed by atoms with E-state index in [1.165, 1.54) is 19.2 Å². The fourth-order valence-electron chi connectivity index (χ4n) is 4.26. The first kappa shape index (κ1) is 21.8. The minimum Gasteiger partial charge on any atom is -0.497 e. The maximum atomic E-state index is 13.5. The maximum absolute atomic E-state index is 13.5. The zero-order valence-corrected chi connectivity index (χ0v) is 18.5. The Balaban J connectivity index is 1.61. The lowest BCUT2D eigenvalue weighted by atomic mass is 9.83. The highest BCUT2D eigenvalue weighted by Crippen LogP contribution is 2.53. The number of thioether (sulfide) groups is 1. The van der Waals surface area contributed by atoms with Gasteiger partial charge in [0.1, 0.15) is 11.0 Å². The molecule has 1 aromatic heterocycles. The van der Waals surface area contributed by atoms with E-state index < -0.39 is 40.6 Å². The first-order valence-corrected chi connectivity index (χ1v) is 11.5. The number of hydrogen-bond donors (Lipinski definition) is 1. The van der Waals surface area contributed by atoms with Crippen LogP contribution in [0.1, 0.15) is 21.9 Å². The van der Waals surface area contributed by atoms with Crippen LogP contribution in [0.5, 0.6) is 5.75 Å². The van der Waals surface area contributed by atoms with Gasteiger partial charge >= 0.3 is 11.0 Å². The van der Waals surface area contributed by atoms with E-state index in [0.717, 1.165) is 40.1 Å². The van der Waals surface area contributed by atoms with Crippen LogP contribution in [0.2, 0.25) is 0 Å². The Morgan fingerprint density at radius 2 is 1.76 bits per heavy atom. The van der Waals surface area contributed by atoms with E-state index in [-0.39, 0.29) is 10.6 Å². The molecule has 1 N–H and O–H groups in total. The van der Waals surface area contributed by atoms with E-state index in [0.29, 0.717) is 21.2 Å². The van der Waals surface area contributed by atoms with Gasteiger partial charge in [-0.25, -0.2) is 4.90 Å². The second-order valence-corrected chi connectivity index (χ2v) is 9.75. The van der Waals surface area contributed by atoms with Crippen LogP contribution in [-0.2, 0) is 15.8 Å². The number of nitrogens with zero attached hydrogens (tertiary/aromatic N) is 1. The SMILES string of the molecule is COc1ccc([C@H]2c3sc(=O)[nH]c3S[C@@H]3C(=O)N(c4cccc(C(F)(F)F)c4)C(=O)[C@H]23)cc1. The zero-order valence-electron chi connectivity index (χ0n) is 16.9. The topological polar surface area (TPSA) is 79.5 Å². The molecule has 3 atom stereocenters. The Kier molecular flexibility index (Phi) is 5.13. The van der Waals surface area contributed by atoms with Crippen LogP contribution < -0.4 is 14.5 Å². The average molecular weight is 493 g/mol. The number of anilines is 1. The van der Waals surface area contributed by atoms with Gasteiger partial charge in [0, 0.05) is 10.8 Å². The molecule has 11 heteroatoms. The van der Waals surface area contributed by atoms with Crippen LogP contribution in [0.3, 0.4) is 0 Å². The molecule has 3 heterocycles. The predicted octanol–water partition coefficient (Wildman–Crippen LogP) is 4.26. The lowest BCUT2D eigenvalue weighted by Gasteiger charge is -2.29. The van der Waals surface area contributed by atoms with Crippen LogP contribution in [-0.4, -0.2) is 29.2 Å². The van der Waals surface area contributed by atoms with Gasteiger partial charge in [0.05, 0.1) is 29.3 Å². The number of alkyl halides is 3. The van der Waals surface area contributed by atoms with Gasteiger partial charge in [-0.2, -0.15) is 13.2 Å². The van der Waals surface area contributed by atoms with Crippen LogP contribution in [0.4, 0.5) is 18.9 Å². The molecule has 1 saturated heterocycles. The molecular weight excluding hydrogens is 477 g/mol. The zero-order chi connectivity index (χ0) is 23.5. The normalized spacial score (nSPS) is 22.3. The second-order valence-electron chi connectivity index (χ2n) is 7.58. The molecule has 3 aromatic rings. The van der Waals surface area contributed by atoms with E-state index in [1.807, 2.05) is 0 Å². The van der Waals surface area contributed by atoms with Gasteiger partial charge in [-0.1, -0.05) is 41.3 Å². The molecule has 2 aliphatic rings. The Hall–Kier alpha value is -3.05. The summed E-state index contributed by atoms with van der Waals surface area (Å²) in [6.07, 6.45) is -4.61. The fourth-order valence-corrected chi connectivity index (χ4v) is 6.78. The molecular formula is C22H15F3N2O4S2. The summed E-state index contributed by atoms with van der Waals surface area (Å²) in [5.41, 5.74) is -0.368. The Morgan fingerprint density at radius 1 is 1.03 bits per heavy atom. The van der Waals surface area contributed by atoms with Crippen LogP contribution in [0, 0.1) is 5.92 Å². The van der Waals surface area contributed by atoms with Crippen molar-refractivity contribution in [2.45, 2.75) is 22.4 Å². The van der Waals surface area contributed by atoms with Gasteiger partial charge in [0.2, 0.25) is 11.8 Å². The van der Waals surface area contributed by atoms with Crippen molar-refractivity contribution in [1.29, 1.82) is 0 Å². The summed E-state index contributed by atoms with van der Waals surface area (Å²) >= 11 is 2.03. The number of nitrogens with one attached hydrogen (secondary N) is 1. The van der Waals surface area contributed by atoms with E-state index in [2.05, 4.69) is 4.98 Å². The molecule has 33 heavy (non-hydrogen) atoms. The molecule has 6 nitrogen and oxygen atoms in total. The number of halogens is 3. The Labute approximate surface area is 193 Å². The first-order valence-electron chi connectivity index (χ1n) is 9.77. The van der Waals surface area contributed by atoms with Crippen LogP contribution >= 0.6 is 23.1 Å². The molecule has 5 rings (SSSR count). The van der Waals surface area contributed by atoms with Crippen LogP contribution in [0.25, 0.3) is 0 Å². The van der Waals surface area contributed by atoms with Gasteiger partial charge in [0.15, 0.2) is 0 Å².